The van der Waals surface area contributed by atoms with Crippen molar-refractivity contribution in [2.75, 3.05) is 38.1 Å². The molecule has 2 amide bonds. The molecule has 1 aromatic heterocycles. The highest BCUT2D eigenvalue weighted by atomic mass is 32.2. The molecule has 1 atom stereocenters. The number of carbonyl (C=O) groups is 2. The van der Waals surface area contributed by atoms with Crippen molar-refractivity contribution in [2.24, 2.45) is 0 Å². The molecule has 1 saturated heterocycles. The van der Waals surface area contributed by atoms with Gasteiger partial charge in [0.1, 0.15) is 23.0 Å². The van der Waals surface area contributed by atoms with Gasteiger partial charge >= 0.3 is 6.09 Å². The summed E-state index contributed by atoms with van der Waals surface area (Å²) >= 11 is 1.49. The van der Waals surface area contributed by atoms with Gasteiger partial charge in [-0.15, -0.1) is 11.8 Å². The molecule has 0 aliphatic carbocycles. The highest BCUT2D eigenvalue weighted by Gasteiger charge is 2.24. The average Bonchev–Trinajstić information content (AvgIpc) is 3.17. The SMILES string of the molecule is CCc1c(C#N)c(SCc2ccc(CNC(=O)[C@H](C)OC(=O)NC(C)(C)C)cc2)nc(N2CCCN(C)CC2)c1C#N. The zero-order valence-electron chi connectivity index (χ0n) is 25.4. The first kappa shape index (κ1) is 32.7. The van der Waals surface area contributed by atoms with E-state index in [9.17, 15) is 20.1 Å². The Labute approximate surface area is 253 Å². The topological polar surface area (TPSA) is 134 Å². The lowest BCUT2D eigenvalue weighted by Crippen LogP contribution is -2.44. The number of pyridine rings is 1. The largest absolute Gasteiger partial charge is 0.436 e. The molecule has 1 aromatic carbocycles. The molecule has 0 saturated carbocycles. The molecule has 2 aromatic rings. The van der Waals surface area contributed by atoms with Crippen LogP contribution >= 0.6 is 11.8 Å². The Balaban J connectivity index is 1.66. The molecule has 0 bridgehead atoms. The number of alkyl carbamates (subject to hydrolysis) is 1. The lowest BCUT2D eigenvalue weighted by molar-refractivity contribution is -0.128. The first-order valence-electron chi connectivity index (χ1n) is 14.2. The first-order chi connectivity index (χ1) is 19.9. The van der Waals surface area contributed by atoms with E-state index in [1.165, 1.54) is 18.7 Å². The van der Waals surface area contributed by atoms with Crippen LogP contribution in [0.4, 0.5) is 10.6 Å². The predicted molar refractivity (Wildman–Crippen MR) is 164 cm³/mol. The molecule has 11 heteroatoms. The Morgan fingerprint density at radius 1 is 1.07 bits per heavy atom. The highest BCUT2D eigenvalue weighted by Crippen LogP contribution is 2.33. The fourth-order valence-corrected chi connectivity index (χ4v) is 5.52. The summed E-state index contributed by atoms with van der Waals surface area (Å²) in [6, 6.07) is 12.5. The number of carbonyl (C=O) groups excluding carboxylic acids is 2. The third kappa shape index (κ3) is 9.10. The van der Waals surface area contributed by atoms with Crippen LogP contribution in [0.25, 0.3) is 0 Å². The van der Waals surface area contributed by atoms with Crippen molar-refractivity contribution >= 4 is 29.6 Å². The van der Waals surface area contributed by atoms with Gasteiger partial charge in [0.15, 0.2) is 6.10 Å². The molecule has 0 spiro atoms. The Bertz CT molecular complexity index is 1340. The smallest absolute Gasteiger partial charge is 0.408 e. The second-order valence-corrected chi connectivity index (χ2v) is 12.4. The van der Waals surface area contributed by atoms with E-state index < -0.39 is 17.7 Å². The van der Waals surface area contributed by atoms with Crippen LogP contribution in [0, 0.1) is 22.7 Å². The Kier molecular flexibility index (Phi) is 11.6. The van der Waals surface area contributed by atoms with Crippen LogP contribution in [0.1, 0.15) is 68.9 Å². The van der Waals surface area contributed by atoms with Crippen LogP contribution in [-0.4, -0.2) is 66.8 Å². The number of nitriles is 2. The lowest BCUT2D eigenvalue weighted by Gasteiger charge is -2.25. The Morgan fingerprint density at radius 3 is 2.36 bits per heavy atom. The molecule has 1 fully saturated rings. The van der Waals surface area contributed by atoms with Crippen molar-refractivity contribution in [1.29, 1.82) is 10.5 Å². The zero-order chi connectivity index (χ0) is 30.9. The number of thioether (sulfide) groups is 1. The van der Waals surface area contributed by atoms with Crippen LogP contribution in [-0.2, 0) is 28.2 Å². The highest BCUT2D eigenvalue weighted by molar-refractivity contribution is 7.98. The number of benzene rings is 1. The van der Waals surface area contributed by atoms with E-state index in [0.717, 1.165) is 49.3 Å². The summed E-state index contributed by atoms with van der Waals surface area (Å²) in [5.41, 5.74) is 3.22. The van der Waals surface area contributed by atoms with Crippen molar-refractivity contribution in [3.63, 3.8) is 0 Å². The number of nitrogens with zero attached hydrogens (tertiary/aromatic N) is 5. The molecule has 3 rings (SSSR count). The van der Waals surface area contributed by atoms with Gasteiger partial charge in [-0.05, 0) is 70.8 Å². The third-order valence-corrected chi connectivity index (χ3v) is 7.89. The maximum atomic E-state index is 12.4. The van der Waals surface area contributed by atoms with Gasteiger partial charge in [0.05, 0.1) is 11.1 Å². The molecule has 0 radical (unpaired) electrons. The van der Waals surface area contributed by atoms with Gasteiger partial charge in [-0.25, -0.2) is 9.78 Å². The molecule has 10 nitrogen and oxygen atoms in total. The fraction of sp³-hybridized carbons (Fsp3) is 0.516. The van der Waals surface area contributed by atoms with E-state index in [2.05, 4.69) is 39.6 Å². The van der Waals surface area contributed by atoms with E-state index in [4.69, 9.17) is 9.72 Å². The first-order valence-corrected chi connectivity index (χ1v) is 15.2. The maximum absolute atomic E-state index is 12.4. The number of rotatable bonds is 9. The lowest BCUT2D eigenvalue weighted by atomic mass is 10.0. The van der Waals surface area contributed by atoms with Gasteiger partial charge in [0, 0.05) is 37.5 Å². The normalized spacial score (nSPS) is 14.7. The molecule has 1 aliphatic heterocycles. The number of hydrogen-bond acceptors (Lipinski definition) is 9. The van der Waals surface area contributed by atoms with Crippen molar-refractivity contribution < 1.29 is 14.3 Å². The minimum Gasteiger partial charge on any atom is -0.436 e. The van der Waals surface area contributed by atoms with Crippen LogP contribution < -0.4 is 15.5 Å². The average molecular weight is 592 g/mol. The van der Waals surface area contributed by atoms with Crippen LogP contribution in [0.15, 0.2) is 29.3 Å². The maximum Gasteiger partial charge on any atom is 0.408 e. The molecule has 224 valence electrons. The Morgan fingerprint density at radius 2 is 1.74 bits per heavy atom. The summed E-state index contributed by atoms with van der Waals surface area (Å²) in [5, 5.41) is 26.1. The minimum absolute atomic E-state index is 0.296. The van der Waals surface area contributed by atoms with Crippen LogP contribution in [0.2, 0.25) is 0 Å². The number of amides is 2. The summed E-state index contributed by atoms with van der Waals surface area (Å²) in [5.74, 6) is 0.888. The van der Waals surface area contributed by atoms with Gasteiger partial charge < -0.3 is 25.2 Å². The van der Waals surface area contributed by atoms with Crippen molar-refractivity contribution in [3.8, 4) is 12.1 Å². The third-order valence-electron chi connectivity index (χ3n) is 6.84. The van der Waals surface area contributed by atoms with Gasteiger partial charge in [0.25, 0.3) is 5.91 Å². The summed E-state index contributed by atoms with van der Waals surface area (Å²) in [6.45, 7) is 12.8. The number of nitrogens with one attached hydrogen (secondary N) is 2. The molecule has 1 aliphatic rings. The number of anilines is 1. The minimum atomic E-state index is -0.926. The summed E-state index contributed by atoms with van der Waals surface area (Å²) in [6.07, 6.45) is -0.00225. The number of hydrogen-bond donors (Lipinski definition) is 2. The second-order valence-electron chi connectivity index (χ2n) is 11.4. The molecule has 2 heterocycles. The van der Waals surface area contributed by atoms with Crippen LogP contribution in [0.5, 0.6) is 0 Å². The molecular weight excluding hydrogens is 550 g/mol. The quantitative estimate of drug-likeness (QED) is 0.408. The van der Waals surface area contributed by atoms with Crippen molar-refractivity contribution in [3.05, 3.63) is 52.1 Å². The van der Waals surface area contributed by atoms with E-state index in [0.29, 0.717) is 40.7 Å². The van der Waals surface area contributed by atoms with Gasteiger partial charge in [0.2, 0.25) is 0 Å². The predicted octanol–water partition coefficient (Wildman–Crippen LogP) is 4.35. The van der Waals surface area contributed by atoms with Gasteiger partial charge in [-0.1, -0.05) is 31.2 Å². The van der Waals surface area contributed by atoms with Crippen LogP contribution in [0.3, 0.4) is 0 Å². The summed E-state index contributed by atoms with van der Waals surface area (Å²) in [7, 11) is 2.10. The van der Waals surface area contributed by atoms with E-state index >= 15 is 0 Å². The summed E-state index contributed by atoms with van der Waals surface area (Å²) in [4.78, 5) is 33.7. The Hall–Kier alpha value is -3.80. The summed E-state index contributed by atoms with van der Waals surface area (Å²) < 4.78 is 5.16. The fourth-order valence-electron chi connectivity index (χ4n) is 4.56. The molecular formula is C31H41N7O3S. The zero-order valence-corrected chi connectivity index (χ0v) is 26.2. The second kappa shape index (κ2) is 14.9. The van der Waals surface area contributed by atoms with Gasteiger partial charge in [-0.3, -0.25) is 4.79 Å². The van der Waals surface area contributed by atoms with Gasteiger partial charge in [-0.2, -0.15) is 10.5 Å². The van der Waals surface area contributed by atoms with Crippen molar-refractivity contribution in [2.45, 2.75) is 76.4 Å². The molecule has 2 N–H and O–H groups in total. The monoisotopic (exact) mass is 591 g/mol. The number of aromatic nitrogens is 1. The number of ether oxygens (including phenoxy) is 1. The van der Waals surface area contributed by atoms with Crippen molar-refractivity contribution in [1.82, 2.24) is 20.5 Å². The molecule has 42 heavy (non-hydrogen) atoms. The standard InChI is InChI=1S/C31H41N7O3S/c1-7-24-25(17-32)27(38-14-8-13-37(6)15-16-38)35-29(26(24)18-33)42-20-23-11-9-22(10-12-23)19-34-28(39)21(2)41-30(40)36-31(3,4)5/h9-12,21H,7-8,13-16,19-20H2,1-6H3,(H,34,39)(H,36,40)/t21-/m0/s1. The molecule has 0 unspecified atom stereocenters. The van der Waals surface area contributed by atoms with E-state index in [1.54, 1.807) is 0 Å². The van der Waals surface area contributed by atoms with E-state index in [1.807, 2.05) is 52.0 Å². The van der Waals surface area contributed by atoms with E-state index in [-0.39, 0.29) is 5.91 Å². The number of likely N-dealkylation sites (N-methyl/N-ethyl adjacent to an activating group) is 1.